The monoisotopic (exact) mass is 264 g/mol. The first-order valence-corrected chi connectivity index (χ1v) is 5.64. The van der Waals surface area contributed by atoms with Crippen LogP contribution in [-0.2, 0) is 0 Å². The molecular weight excluding hydrogens is 248 g/mol. The van der Waals surface area contributed by atoms with E-state index in [1.165, 1.54) is 0 Å². The molecule has 0 aliphatic rings. The number of aryl methyl sites for hydroxylation is 1. The fourth-order valence-corrected chi connectivity index (χ4v) is 1.87. The smallest absolute Gasteiger partial charge is 0.292 e. The average molecular weight is 264 g/mol. The van der Waals surface area contributed by atoms with Crippen LogP contribution < -0.4 is 19.9 Å². The second kappa shape index (κ2) is 5.09. The Bertz CT molecular complexity index is 593. The number of aromatic nitrogens is 1. The fraction of sp³-hybridized carbons (Fsp3) is 0.308. The van der Waals surface area contributed by atoms with Crippen LogP contribution in [0.4, 0.5) is 6.01 Å². The molecule has 0 aliphatic heterocycles. The fourth-order valence-electron chi connectivity index (χ4n) is 1.87. The summed E-state index contributed by atoms with van der Waals surface area (Å²) in [6.45, 7) is 1.81. The third-order valence-corrected chi connectivity index (χ3v) is 2.76. The summed E-state index contributed by atoms with van der Waals surface area (Å²) in [6, 6.07) is 3.61. The number of nitrogens with zero attached hydrogens (tertiary/aromatic N) is 1. The van der Waals surface area contributed by atoms with E-state index in [1.807, 2.05) is 6.92 Å². The van der Waals surface area contributed by atoms with E-state index in [0.717, 1.165) is 0 Å². The molecule has 0 radical (unpaired) electrons. The summed E-state index contributed by atoms with van der Waals surface area (Å²) in [7, 11) is 4.70. The number of hydrogen-bond donors (Lipinski definition) is 1. The van der Waals surface area contributed by atoms with E-state index in [9.17, 15) is 0 Å². The van der Waals surface area contributed by atoms with Gasteiger partial charge in [-0.25, -0.2) is 0 Å². The predicted molar refractivity (Wildman–Crippen MR) is 70.7 cm³/mol. The number of benzene rings is 1. The molecule has 1 aromatic heterocycles. The van der Waals surface area contributed by atoms with Gasteiger partial charge in [0, 0.05) is 6.07 Å². The molecule has 0 fully saturated rings. The minimum atomic E-state index is 0.115. The summed E-state index contributed by atoms with van der Waals surface area (Å²) in [5, 5.41) is 0. The zero-order valence-corrected chi connectivity index (χ0v) is 11.3. The van der Waals surface area contributed by atoms with Gasteiger partial charge in [-0.3, -0.25) is 0 Å². The van der Waals surface area contributed by atoms with Crippen molar-refractivity contribution >= 4 is 6.01 Å². The maximum atomic E-state index is 5.56. The zero-order valence-electron chi connectivity index (χ0n) is 11.3. The highest BCUT2D eigenvalue weighted by atomic mass is 16.5. The van der Waals surface area contributed by atoms with Gasteiger partial charge >= 0.3 is 0 Å². The van der Waals surface area contributed by atoms with Gasteiger partial charge in [0.2, 0.25) is 0 Å². The van der Waals surface area contributed by atoms with E-state index >= 15 is 0 Å². The molecule has 2 N–H and O–H groups in total. The van der Waals surface area contributed by atoms with Gasteiger partial charge in [-0.15, -0.1) is 0 Å². The predicted octanol–water partition coefficient (Wildman–Crippen LogP) is 2.26. The SMILES string of the molecule is COc1cc(OC)c(-c2oc(N)nc2C)cc1OC. The summed E-state index contributed by atoms with van der Waals surface area (Å²) in [5.41, 5.74) is 6.95. The van der Waals surface area contributed by atoms with Crippen LogP contribution in [0.1, 0.15) is 5.69 Å². The molecule has 0 saturated heterocycles. The maximum absolute atomic E-state index is 5.56. The van der Waals surface area contributed by atoms with Crippen LogP contribution in [0, 0.1) is 6.92 Å². The molecule has 1 aromatic carbocycles. The molecule has 0 spiro atoms. The maximum Gasteiger partial charge on any atom is 0.292 e. The van der Waals surface area contributed by atoms with Crippen molar-refractivity contribution in [2.45, 2.75) is 6.92 Å². The highest BCUT2D eigenvalue weighted by Crippen LogP contribution is 2.41. The summed E-state index contributed by atoms with van der Waals surface area (Å²) in [5.74, 6) is 2.30. The number of rotatable bonds is 4. The third kappa shape index (κ3) is 2.29. The molecule has 19 heavy (non-hydrogen) atoms. The Hall–Kier alpha value is -2.37. The molecule has 6 heteroatoms. The van der Waals surface area contributed by atoms with Gasteiger partial charge in [0.25, 0.3) is 6.01 Å². The molecule has 102 valence electrons. The Morgan fingerprint density at radius 3 is 2.05 bits per heavy atom. The van der Waals surface area contributed by atoms with Gasteiger partial charge in [-0.05, 0) is 13.0 Å². The number of ether oxygens (including phenoxy) is 3. The molecule has 0 atom stereocenters. The summed E-state index contributed by atoms with van der Waals surface area (Å²) in [4.78, 5) is 4.04. The molecule has 2 rings (SSSR count). The minimum absolute atomic E-state index is 0.115. The van der Waals surface area contributed by atoms with E-state index in [2.05, 4.69) is 4.98 Å². The largest absolute Gasteiger partial charge is 0.496 e. The second-order valence-electron chi connectivity index (χ2n) is 3.87. The number of hydrogen-bond acceptors (Lipinski definition) is 6. The van der Waals surface area contributed by atoms with Crippen molar-refractivity contribution in [1.82, 2.24) is 4.98 Å². The Morgan fingerprint density at radius 2 is 1.58 bits per heavy atom. The lowest BCUT2D eigenvalue weighted by Crippen LogP contribution is -1.95. The molecule has 0 unspecified atom stereocenters. The van der Waals surface area contributed by atoms with Crippen LogP contribution in [-0.4, -0.2) is 26.3 Å². The van der Waals surface area contributed by atoms with Gasteiger partial charge in [0.1, 0.15) is 5.75 Å². The lowest BCUT2D eigenvalue weighted by atomic mass is 10.1. The molecule has 0 aliphatic carbocycles. The zero-order chi connectivity index (χ0) is 14.0. The lowest BCUT2D eigenvalue weighted by molar-refractivity contribution is 0.349. The second-order valence-corrected chi connectivity index (χ2v) is 3.87. The molecule has 6 nitrogen and oxygen atoms in total. The number of nitrogen functional groups attached to an aromatic ring is 1. The highest BCUT2D eigenvalue weighted by molar-refractivity contribution is 5.72. The quantitative estimate of drug-likeness (QED) is 0.912. The van der Waals surface area contributed by atoms with Crippen molar-refractivity contribution < 1.29 is 18.6 Å². The van der Waals surface area contributed by atoms with E-state index < -0.39 is 0 Å². The van der Waals surface area contributed by atoms with Crippen molar-refractivity contribution in [3.8, 4) is 28.6 Å². The number of nitrogens with two attached hydrogens (primary N) is 1. The van der Waals surface area contributed by atoms with E-state index in [-0.39, 0.29) is 6.01 Å². The molecule has 0 saturated carbocycles. The molecule has 0 amide bonds. The van der Waals surface area contributed by atoms with Gasteiger partial charge in [0.05, 0.1) is 32.6 Å². The van der Waals surface area contributed by atoms with E-state index in [1.54, 1.807) is 33.5 Å². The van der Waals surface area contributed by atoms with Gasteiger partial charge < -0.3 is 24.4 Å². The van der Waals surface area contributed by atoms with Crippen molar-refractivity contribution in [3.63, 3.8) is 0 Å². The number of oxazole rings is 1. The van der Waals surface area contributed by atoms with Crippen molar-refractivity contribution in [2.24, 2.45) is 0 Å². The molecule has 1 heterocycles. The van der Waals surface area contributed by atoms with E-state index in [0.29, 0.717) is 34.3 Å². The Balaban J connectivity index is 2.64. The number of anilines is 1. The van der Waals surface area contributed by atoms with Gasteiger partial charge in [-0.1, -0.05) is 0 Å². The molecule has 2 aromatic rings. The summed E-state index contributed by atoms with van der Waals surface area (Å²) < 4.78 is 21.2. The first-order chi connectivity index (χ1) is 9.10. The van der Waals surface area contributed by atoms with Crippen LogP contribution in [0.25, 0.3) is 11.3 Å². The Labute approximate surface area is 111 Å². The van der Waals surface area contributed by atoms with Crippen LogP contribution >= 0.6 is 0 Å². The van der Waals surface area contributed by atoms with Crippen LogP contribution in [0.2, 0.25) is 0 Å². The number of methoxy groups -OCH3 is 3. The summed E-state index contributed by atoms with van der Waals surface area (Å²) >= 11 is 0. The Kier molecular flexibility index (Phi) is 3.50. The average Bonchev–Trinajstić information content (AvgIpc) is 2.75. The van der Waals surface area contributed by atoms with Crippen LogP contribution in [0.5, 0.6) is 17.2 Å². The van der Waals surface area contributed by atoms with Crippen molar-refractivity contribution in [2.75, 3.05) is 27.1 Å². The molecular formula is C13H16N2O4. The van der Waals surface area contributed by atoms with E-state index in [4.69, 9.17) is 24.4 Å². The lowest BCUT2D eigenvalue weighted by Gasteiger charge is -2.12. The standard InChI is InChI=1S/C13H16N2O4/c1-7-12(19-13(14)15-7)8-5-10(17-3)11(18-4)6-9(8)16-2/h5-6H,1-4H3,(H2,14,15). The van der Waals surface area contributed by atoms with Crippen molar-refractivity contribution in [1.29, 1.82) is 0 Å². The van der Waals surface area contributed by atoms with Crippen LogP contribution in [0.15, 0.2) is 16.5 Å². The minimum Gasteiger partial charge on any atom is -0.496 e. The first-order valence-electron chi connectivity index (χ1n) is 5.64. The highest BCUT2D eigenvalue weighted by Gasteiger charge is 2.18. The van der Waals surface area contributed by atoms with Gasteiger partial charge in [-0.2, -0.15) is 4.98 Å². The van der Waals surface area contributed by atoms with Gasteiger partial charge in [0.15, 0.2) is 17.3 Å². The van der Waals surface area contributed by atoms with Crippen LogP contribution in [0.3, 0.4) is 0 Å². The van der Waals surface area contributed by atoms with Crippen molar-refractivity contribution in [3.05, 3.63) is 17.8 Å². The third-order valence-electron chi connectivity index (χ3n) is 2.76. The topological polar surface area (TPSA) is 79.7 Å². The molecule has 0 bridgehead atoms. The first kappa shape index (κ1) is 13.1. The normalized spacial score (nSPS) is 10.3. The Morgan fingerprint density at radius 1 is 1.00 bits per heavy atom. The summed E-state index contributed by atoms with van der Waals surface area (Å²) in [6.07, 6.45) is 0.